The van der Waals surface area contributed by atoms with E-state index in [-0.39, 0.29) is 6.42 Å². The molecule has 0 aromatic carbocycles. The Bertz CT molecular complexity index is 179. The minimum absolute atomic E-state index is 0.288. The summed E-state index contributed by atoms with van der Waals surface area (Å²) in [4.78, 5) is 23.1. The van der Waals surface area contributed by atoms with Crippen LogP contribution in [0.2, 0.25) is 0 Å². The fourth-order valence-electron chi connectivity index (χ4n) is 0.647. The molecule has 0 bridgehead atoms. The zero-order valence-corrected chi connectivity index (χ0v) is 8.97. The van der Waals surface area contributed by atoms with E-state index in [1.807, 2.05) is 13.8 Å². The molecule has 0 fully saturated rings. The number of aliphatic hydroxyl groups is 1. The van der Waals surface area contributed by atoms with Gasteiger partial charge in [0.2, 0.25) is 0 Å². The number of hydrogen-bond acceptors (Lipinski definition) is 5. The number of rotatable bonds is 5. The summed E-state index contributed by atoms with van der Waals surface area (Å²) >= 11 is 0. The smallest absolute Gasteiger partial charge is 0.342 e. The monoisotopic (exact) mass is 222 g/mol. The van der Waals surface area contributed by atoms with E-state index in [4.69, 9.17) is 15.5 Å². The topological polar surface area (TPSA) is 104 Å². The van der Waals surface area contributed by atoms with E-state index in [0.29, 0.717) is 19.3 Å². The van der Waals surface area contributed by atoms with Gasteiger partial charge in [-0.2, -0.15) is 5.26 Å². The molecule has 0 radical (unpaired) electrons. The molecule has 0 heterocycles. The van der Waals surface area contributed by atoms with Gasteiger partial charge in [-0.15, -0.1) is 0 Å². The molecule has 0 spiro atoms. The van der Waals surface area contributed by atoms with Crippen LogP contribution in [0.3, 0.4) is 0 Å². The van der Waals surface area contributed by atoms with Gasteiger partial charge in [-0.3, -0.25) is 0 Å². The quantitative estimate of drug-likeness (QED) is 0.474. The SMILES string of the molecule is CCCC(=O)OO.CCCC(O)C(=O)O. The van der Waals surface area contributed by atoms with E-state index < -0.39 is 18.0 Å². The van der Waals surface area contributed by atoms with Gasteiger partial charge in [0.05, 0.1) is 0 Å². The van der Waals surface area contributed by atoms with Crippen molar-refractivity contribution in [1.29, 1.82) is 0 Å². The second-order valence-corrected chi connectivity index (χ2v) is 2.86. The molecule has 90 valence electrons. The highest BCUT2D eigenvalue weighted by molar-refractivity contribution is 5.71. The molecule has 0 saturated carbocycles. The van der Waals surface area contributed by atoms with Crippen LogP contribution in [0.25, 0.3) is 0 Å². The third-order valence-corrected chi connectivity index (χ3v) is 1.40. The Morgan fingerprint density at radius 1 is 1.27 bits per heavy atom. The molecule has 0 aliphatic heterocycles. The lowest BCUT2D eigenvalue weighted by atomic mass is 10.2. The predicted molar refractivity (Wildman–Crippen MR) is 52.2 cm³/mol. The summed E-state index contributed by atoms with van der Waals surface area (Å²) in [7, 11) is 0. The first-order chi connectivity index (χ1) is 6.99. The minimum atomic E-state index is -1.17. The third kappa shape index (κ3) is 12.9. The Hall–Kier alpha value is -1.14. The largest absolute Gasteiger partial charge is 0.479 e. The Balaban J connectivity index is 0. The Morgan fingerprint density at radius 2 is 1.80 bits per heavy atom. The van der Waals surface area contributed by atoms with E-state index in [1.165, 1.54) is 0 Å². The van der Waals surface area contributed by atoms with Gasteiger partial charge in [0.1, 0.15) is 0 Å². The second-order valence-electron chi connectivity index (χ2n) is 2.86. The van der Waals surface area contributed by atoms with Crippen molar-refractivity contribution in [1.82, 2.24) is 0 Å². The van der Waals surface area contributed by atoms with Gasteiger partial charge in [0, 0.05) is 6.42 Å². The van der Waals surface area contributed by atoms with Crippen molar-refractivity contribution >= 4 is 11.9 Å². The van der Waals surface area contributed by atoms with Crippen LogP contribution in [0.4, 0.5) is 0 Å². The number of carbonyl (C=O) groups is 2. The molecule has 0 aliphatic carbocycles. The lowest BCUT2D eigenvalue weighted by Crippen LogP contribution is -2.18. The average Bonchev–Trinajstić information content (AvgIpc) is 2.19. The van der Waals surface area contributed by atoms with Gasteiger partial charge in [0.15, 0.2) is 6.10 Å². The van der Waals surface area contributed by atoms with Crippen LogP contribution in [-0.2, 0) is 14.5 Å². The van der Waals surface area contributed by atoms with E-state index in [2.05, 4.69) is 4.89 Å². The number of carboxylic acid groups (broad SMARTS) is 1. The highest BCUT2D eigenvalue weighted by atomic mass is 17.1. The molecular weight excluding hydrogens is 204 g/mol. The van der Waals surface area contributed by atoms with E-state index in [0.717, 1.165) is 0 Å². The van der Waals surface area contributed by atoms with Crippen LogP contribution in [0.15, 0.2) is 0 Å². The minimum Gasteiger partial charge on any atom is -0.479 e. The van der Waals surface area contributed by atoms with E-state index in [9.17, 15) is 9.59 Å². The van der Waals surface area contributed by atoms with Crippen molar-refractivity contribution < 1.29 is 29.9 Å². The summed E-state index contributed by atoms with van der Waals surface area (Å²) in [5.74, 6) is -1.70. The van der Waals surface area contributed by atoms with Crippen LogP contribution < -0.4 is 0 Å². The van der Waals surface area contributed by atoms with Gasteiger partial charge in [0.25, 0.3) is 0 Å². The lowest BCUT2D eigenvalue weighted by Gasteiger charge is -1.99. The molecule has 0 aliphatic rings. The summed E-state index contributed by atoms with van der Waals surface area (Å²) in [6.45, 7) is 3.66. The fraction of sp³-hybridized carbons (Fsp3) is 0.778. The summed E-state index contributed by atoms with van der Waals surface area (Å²) < 4.78 is 0. The van der Waals surface area contributed by atoms with Gasteiger partial charge < -0.3 is 15.1 Å². The van der Waals surface area contributed by atoms with Crippen molar-refractivity contribution in [3.05, 3.63) is 0 Å². The van der Waals surface area contributed by atoms with Gasteiger partial charge in [-0.05, 0) is 12.8 Å². The van der Waals surface area contributed by atoms with Crippen molar-refractivity contribution in [2.75, 3.05) is 0 Å². The Kier molecular flexibility index (Phi) is 11.9. The number of aliphatic hydroxyl groups excluding tert-OH is 1. The number of carboxylic acids is 1. The zero-order valence-electron chi connectivity index (χ0n) is 8.97. The maximum absolute atomic E-state index is 9.94. The zero-order chi connectivity index (χ0) is 12.3. The summed E-state index contributed by atoms with van der Waals surface area (Å²) in [5.41, 5.74) is 0. The van der Waals surface area contributed by atoms with Crippen molar-refractivity contribution in [3.8, 4) is 0 Å². The van der Waals surface area contributed by atoms with Crippen molar-refractivity contribution in [2.45, 2.75) is 45.6 Å². The molecule has 6 nitrogen and oxygen atoms in total. The number of aliphatic carboxylic acids is 1. The van der Waals surface area contributed by atoms with Crippen LogP contribution in [-0.4, -0.2) is 33.5 Å². The molecule has 0 rings (SSSR count). The summed E-state index contributed by atoms with van der Waals surface area (Å²) in [6.07, 6.45) is 0.874. The average molecular weight is 222 g/mol. The molecule has 3 N–H and O–H groups in total. The summed E-state index contributed by atoms with van der Waals surface area (Å²) in [5, 5.41) is 24.2. The molecule has 1 unspecified atom stereocenters. The third-order valence-electron chi connectivity index (χ3n) is 1.40. The highest BCUT2D eigenvalue weighted by Crippen LogP contribution is 1.94. The van der Waals surface area contributed by atoms with E-state index >= 15 is 0 Å². The predicted octanol–water partition coefficient (Wildman–Crippen LogP) is 1.03. The van der Waals surface area contributed by atoms with Crippen molar-refractivity contribution in [2.24, 2.45) is 0 Å². The van der Waals surface area contributed by atoms with Crippen molar-refractivity contribution in [3.63, 3.8) is 0 Å². The fourth-order valence-corrected chi connectivity index (χ4v) is 0.647. The maximum Gasteiger partial charge on any atom is 0.342 e. The highest BCUT2D eigenvalue weighted by Gasteiger charge is 2.09. The van der Waals surface area contributed by atoms with Crippen LogP contribution >= 0.6 is 0 Å². The first-order valence-corrected chi connectivity index (χ1v) is 4.74. The first kappa shape index (κ1) is 16.3. The first-order valence-electron chi connectivity index (χ1n) is 4.74. The normalized spacial score (nSPS) is 10.9. The maximum atomic E-state index is 9.94. The summed E-state index contributed by atoms with van der Waals surface area (Å²) in [6, 6.07) is 0. The van der Waals surface area contributed by atoms with Gasteiger partial charge in [-0.25, -0.2) is 9.59 Å². The van der Waals surface area contributed by atoms with Crippen LogP contribution in [0.1, 0.15) is 39.5 Å². The molecular formula is C9H18O6. The lowest BCUT2D eigenvalue weighted by molar-refractivity contribution is -0.234. The van der Waals surface area contributed by atoms with E-state index in [1.54, 1.807) is 0 Å². The van der Waals surface area contributed by atoms with Gasteiger partial charge >= 0.3 is 11.9 Å². The molecule has 15 heavy (non-hydrogen) atoms. The standard InChI is InChI=1S/C5H10O3.C4H8O3/c1-2-3-4(6)5(7)8;1-2-3-4(5)7-6/h4,6H,2-3H2,1H3,(H,7,8);6H,2-3H2,1H3. The molecule has 6 heteroatoms. The van der Waals surface area contributed by atoms with Crippen LogP contribution in [0, 0.1) is 0 Å². The molecule has 1 atom stereocenters. The Morgan fingerprint density at radius 3 is 1.93 bits per heavy atom. The molecule has 0 amide bonds. The molecule has 0 aromatic rings. The number of hydrogen-bond donors (Lipinski definition) is 3. The number of carbonyl (C=O) groups excluding carboxylic acids is 1. The molecule has 0 saturated heterocycles. The molecule has 0 aromatic heterocycles. The second kappa shape index (κ2) is 10.9. The van der Waals surface area contributed by atoms with Gasteiger partial charge in [-0.1, -0.05) is 20.3 Å². The Labute approximate surface area is 88.4 Å². The van der Waals surface area contributed by atoms with Crippen LogP contribution in [0.5, 0.6) is 0 Å².